The zero-order valence-electron chi connectivity index (χ0n) is 30.2. The third kappa shape index (κ3) is 19.0. The Morgan fingerprint density at radius 1 is 0.872 bits per heavy atom. The quantitative estimate of drug-likeness (QED) is 0.0442. The zero-order chi connectivity index (χ0) is 33.3. The van der Waals surface area contributed by atoms with Gasteiger partial charge in [-0.1, -0.05) is 96.8 Å². The van der Waals surface area contributed by atoms with Crippen molar-refractivity contribution in [3.8, 4) is 0 Å². The van der Waals surface area contributed by atoms with Crippen LogP contribution in [0.4, 0.5) is 0 Å². The van der Waals surface area contributed by atoms with E-state index in [4.69, 9.17) is 9.47 Å². The summed E-state index contributed by atoms with van der Waals surface area (Å²) >= 11 is 1.92. The maximum atomic E-state index is 12.5. The number of aromatic nitrogens is 2. The smallest absolute Gasteiger partial charge is 0.307 e. The number of rotatable bonds is 34. The number of aryl methyl sites for hydroxylation is 1. The van der Waals surface area contributed by atoms with Crippen LogP contribution in [0.1, 0.15) is 155 Å². The molecule has 47 heavy (non-hydrogen) atoms. The molecular formula is C39H71N3O4S. The van der Waals surface area contributed by atoms with Crippen molar-refractivity contribution in [3.05, 3.63) is 18.7 Å². The number of imidazole rings is 1. The number of unbranched alkanes of at least 4 members (excludes halogenated alkanes) is 15. The molecule has 1 unspecified atom stereocenters. The van der Waals surface area contributed by atoms with Gasteiger partial charge in [-0.25, -0.2) is 4.98 Å². The first kappa shape index (κ1) is 40.3. The summed E-state index contributed by atoms with van der Waals surface area (Å²) < 4.78 is 13.4. The average molecular weight is 678 g/mol. The van der Waals surface area contributed by atoms with Crippen LogP contribution in [0, 0.1) is 11.3 Å². The van der Waals surface area contributed by atoms with Crippen molar-refractivity contribution in [1.29, 1.82) is 0 Å². The number of aliphatic hydroxyl groups excluding tert-OH is 1. The fourth-order valence-electron chi connectivity index (χ4n) is 7.29. The van der Waals surface area contributed by atoms with Gasteiger partial charge in [-0.05, 0) is 81.5 Å². The van der Waals surface area contributed by atoms with Crippen LogP contribution >= 0.6 is 11.8 Å². The van der Waals surface area contributed by atoms with Crippen molar-refractivity contribution in [2.24, 2.45) is 11.3 Å². The number of carbonyl (C=O) groups excluding carboxylic acids is 1. The fraction of sp³-hybridized carbons (Fsp3) is 0.897. The molecule has 1 heterocycles. The second-order valence-corrected chi connectivity index (χ2v) is 16.0. The predicted octanol–water partition coefficient (Wildman–Crippen LogP) is 9.42. The van der Waals surface area contributed by atoms with Crippen LogP contribution in [0.5, 0.6) is 0 Å². The molecule has 1 aromatic rings. The highest BCUT2D eigenvalue weighted by Gasteiger charge is 2.56. The topological polar surface area (TPSA) is 76.8 Å². The maximum absolute atomic E-state index is 12.5. The van der Waals surface area contributed by atoms with Gasteiger partial charge in [0.15, 0.2) is 6.29 Å². The van der Waals surface area contributed by atoms with Crippen LogP contribution in [0.15, 0.2) is 18.7 Å². The van der Waals surface area contributed by atoms with Crippen LogP contribution in [0.2, 0.25) is 0 Å². The van der Waals surface area contributed by atoms with E-state index in [0.29, 0.717) is 18.4 Å². The molecule has 4 rings (SSSR count). The largest absolute Gasteiger partial charge is 0.465 e. The van der Waals surface area contributed by atoms with E-state index in [1.54, 1.807) is 0 Å². The molecule has 0 spiro atoms. The van der Waals surface area contributed by atoms with Crippen molar-refractivity contribution in [3.63, 3.8) is 0 Å². The molecule has 0 aliphatic heterocycles. The van der Waals surface area contributed by atoms with Gasteiger partial charge in [0.2, 0.25) is 0 Å². The van der Waals surface area contributed by atoms with Gasteiger partial charge >= 0.3 is 5.97 Å². The summed E-state index contributed by atoms with van der Waals surface area (Å²) in [4.78, 5) is 19.1. The minimum atomic E-state index is -0.590. The minimum Gasteiger partial charge on any atom is -0.465 e. The summed E-state index contributed by atoms with van der Waals surface area (Å²) in [6.07, 6.45) is 33.6. The Bertz CT molecular complexity index is 869. The second kappa shape index (κ2) is 25.8. The molecule has 0 saturated heterocycles. The highest BCUT2D eigenvalue weighted by Crippen LogP contribution is 2.64. The van der Waals surface area contributed by atoms with E-state index in [1.807, 2.05) is 30.5 Å². The molecule has 3 aliphatic rings. The SMILES string of the molecule is CCCCCCCCCCCCCCSCCOC(=O)CCN(CCCCCCCC(O)OCC12CC(C1)C2)CCCn1ccnc1. The molecule has 1 aromatic heterocycles. The highest BCUT2D eigenvalue weighted by molar-refractivity contribution is 7.99. The summed E-state index contributed by atoms with van der Waals surface area (Å²) in [7, 11) is 0. The van der Waals surface area contributed by atoms with Crippen LogP contribution in [0.3, 0.4) is 0 Å². The second-order valence-electron chi connectivity index (χ2n) is 14.8. The lowest BCUT2D eigenvalue weighted by Gasteiger charge is -2.61. The molecule has 1 N–H and O–H groups in total. The van der Waals surface area contributed by atoms with Gasteiger partial charge in [-0.2, -0.15) is 11.8 Å². The molecule has 7 nitrogen and oxygen atoms in total. The normalized spacial score (nSPS) is 19.1. The number of esters is 1. The third-order valence-electron chi connectivity index (χ3n) is 10.4. The molecular weight excluding hydrogens is 607 g/mol. The number of aliphatic hydroxyl groups is 1. The summed E-state index contributed by atoms with van der Waals surface area (Å²) in [6.45, 7) is 7.28. The van der Waals surface area contributed by atoms with Crippen molar-refractivity contribution in [1.82, 2.24) is 14.5 Å². The minimum absolute atomic E-state index is 0.0645. The monoisotopic (exact) mass is 678 g/mol. The van der Waals surface area contributed by atoms with Gasteiger partial charge in [-0.3, -0.25) is 4.79 Å². The summed E-state index contributed by atoms with van der Waals surface area (Å²) in [5, 5.41) is 10.2. The molecule has 0 aromatic carbocycles. The first-order valence-corrected chi connectivity index (χ1v) is 21.0. The third-order valence-corrected chi connectivity index (χ3v) is 11.4. The van der Waals surface area contributed by atoms with Crippen LogP contribution in [-0.2, 0) is 20.8 Å². The van der Waals surface area contributed by atoms with E-state index in [-0.39, 0.29) is 5.97 Å². The highest BCUT2D eigenvalue weighted by atomic mass is 32.2. The van der Waals surface area contributed by atoms with E-state index in [1.165, 1.54) is 115 Å². The van der Waals surface area contributed by atoms with Crippen LogP contribution in [-0.4, -0.2) is 76.2 Å². The van der Waals surface area contributed by atoms with Crippen molar-refractivity contribution in [2.45, 2.75) is 167 Å². The van der Waals surface area contributed by atoms with Crippen LogP contribution in [0.25, 0.3) is 0 Å². The fourth-order valence-corrected chi connectivity index (χ4v) is 8.10. The molecule has 1 atom stereocenters. The molecule has 3 aliphatic carbocycles. The van der Waals surface area contributed by atoms with Crippen molar-refractivity contribution >= 4 is 17.7 Å². The molecule has 272 valence electrons. The first-order chi connectivity index (χ1) is 23.1. The summed E-state index contributed by atoms with van der Waals surface area (Å²) in [5.74, 6) is 2.98. The lowest BCUT2D eigenvalue weighted by molar-refractivity contribution is -0.203. The number of hydrogen-bond acceptors (Lipinski definition) is 7. The zero-order valence-corrected chi connectivity index (χ0v) is 31.0. The predicted molar refractivity (Wildman–Crippen MR) is 197 cm³/mol. The molecule has 2 bridgehead atoms. The van der Waals surface area contributed by atoms with Gasteiger partial charge in [0.25, 0.3) is 0 Å². The summed E-state index contributed by atoms with van der Waals surface area (Å²) in [6, 6.07) is 0. The van der Waals surface area contributed by atoms with E-state index in [9.17, 15) is 9.90 Å². The Kier molecular flexibility index (Phi) is 22.2. The molecule has 3 fully saturated rings. The Hall–Kier alpha value is -1.09. The lowest BCUT2D eigenvalue weighted by Crippen LogP contribution is -2.54. The Labute approximate surface area is 292 Å². The maximum Gasteiger partial charge on any atom is 0.307 e. The Balaban J connectivity index is 1.13. The van der Waals surface area contributed by atoms with Crippen LogP contribution < -0.4 is 0 Å². The average Bonchev–Trinajstić information content (AvgIpc) is 3.55. The van der Waals surface area contributed by atoms with E-state index in [2.05, 4.69) is 21.4 Å². The number of hydrogen-bond donors (Lipinski definition) is 1. The van der Waals surface area contributed by atoms with Gasteiger partial charge in [0.05, 0.1) is 19.4 Å². The Morgan fingerprint density at radius 3 is 2.15 bits per heavy atom. The number of thioether (sulfide) groups is 1. The molecule has 3 saturated carbocycles. The van der Waals surface area contributed by atoms with E-state index >= 15 is 0 Å². The van der Waals surface area contributed by atoms with Crippen molar-refractivity contribution in [2.75, 3.05) is 44.4 Å². The number of carbonyl (C=O) groups is 1. The Morgan fingerprint density at radius 2 is 1.51 bits per heavy atom. The van der Waals surface area contributed by atoms with Gasteiger partial charge in [0.1, 0.15) is 6.61 Å². The number of ether oxygens (including phenoxy) is 2. The molecule has 0 amide bonds. The molecule has 8 heteroatoms. The van der Waals surface area contributed by atoms with E-state index < -0.39 is 6.29 Å². The van der Waals surface area contributed by atoms with Gasteiger partial charge in [-0.15, -0.1) is 0 Å². The van der Waals surface area contributed by atoms with Gasteiger partial charge in [0, 0.05) is 31.2 Å². The van der Waals surface area contributed by atoms with Crippen molar-refractivity contribution < 1.29 is 19.4 Å². The molecule has 0 radical (unpaired) electrons. The first-order valence-electron chi connectivity index (χ1n) is 19.8. The summed E-state index contributed by atoms with van der Waals surface area (Å²) in [5.41, 5.74) is 0.442. The lowest BCUT2D eigenvalue weighted by atomic mass is 9.45. The van der Waals surface area contributed by atoms with E-state index in [0.717, 1.165) is 76.6 Å². The standard InChI is InChI=1S/C39H71N3O4S/c1-2-3-4-5-6-7-8-9-10-11-15-18-29-47-30-28-45-38(44)21-26-41(24-19-25-42-27-22-40-35-42)23-17-14-12-13-16-20-37(43)46-34-39-31-36(32-39)33-39/h22,27,35-37,43H,2-21,23-26,28-34H2,1H3. The number of nitrogens with zero attached hydrogens (tertiary/aromatic N) is 3. The van der Waals surface area contributed by atoms with Gasteiger partial charge < -0.3 is 24.0 Å².